The molecular weight excluding hydrogens is 260 g/mol. The Labute approximate surface area is 107 Å². The van der Waals surface area contributed by atoms with Crippen molar-refractivity contribution in [1.82, 2.24) is 19.7 Å². The fraction of sp³-hybridized carbons (Fsp3) is 0.222. The highest BCUT2D eigenvalue weighted by Gasteiger charge is 2.22. The predicted molar refractivity (Wildman–Crippen MR) is 64.7 cm³/mol. The highest BCUT2D eigenvalue weighted by Crippen LogP contribution is 2.26. The van der Waals surface area contributed by atoms with Gasteiger partial charge in [-0.2, -0.15) is 10.1 Å². The summed E-state index contributed by atoms with van der Waals surface area (Å²) in [4.78, 5) is 17.8. The maximum Gasteiger partial charge on any atom is 0.332 e. The smallest absolute Gasteiger partial charge is 0.332 e. The van der Waals surface area contributed by atoms with Crippen LogP contribution in [0.4, 0.5) is 11.6 Å². The van der Waals surface area contributed by atoms with Gasteiger partial charge in [0.2, 0.25) is 11.8 Å². The van der Waals surface area contributed by atoms with E-state index in [1.807, 2.05) is 0 Å². The number of aryl methyl sites for hydroxylation is 1. The first-order chi connectivity index (χ1) is 8.41. The van der Waals surface area contributed by atoms with E-state index < -0.39 is 4.92 Å². The molecule has 18 heavy (non-hydrogen) atoms. The zero-order valence-corrected chi connectivity index (χ0v) is 10.3. The number of hydrogen-bond acceptors (Lipinski definition) is 6. The summed E-state index contributed by atoms with van der Waals surface area (Å²) in [6.45, 7) is 3.38. The van der Waals surface area contributed by atoms with Gasteiger partial charge in [-0.3, -0.25) is 10.1 Å². The van der Waals surface area contributed by atoms with Crippen molar-refractivity contribution in [3.8, 4) is 5.82 Å². The first kappa shape index (κ1) is 12.2. The number of halogens is 1. The van der Waals surface area contributed by atoms with Crippen LogP contribution in [-0.4, -0.2) is 24.7 Å². The van der Waals surface area contributed by atoms with E-state index in [-0.39, 0.29) is 17.5 Å². The number of rotatable bonds is 2. The molecular formula is C9H9ClN6O2. The Hall–Kier alpha value is -2.22. The van der Waals surface area contributed by atoms with E-state index in [0.29, 0.717) is 16.4 Å². The maximum atomic E-state index is 10.9. The molecule has 0 aliphatic carbocycles. The monoisotopic (exact) mass is 268 g/mol. The van der Waals surface area contributed by atoms with Crippen molar-refractivity contribution in [3.63, 3.8) is 0 Å². The van der Waals surface area contributed by atoms with Crippen LogP contribution in [0.2, 0.25) is 5.02 Å². The average Bonchev–Trinajstić information content (AvgIpc) is 2.56. The molecule has 2 aromatic rings. The third-order valence-corrected chi connectivity index (χ3v) is 2.92. The first-order valence-corrected chi connectivity index (χ1v) is 5.28. The highest BCUT2D eigenvalue weighted by molar-refractivity contribution is 6.31. The number of nitrogens with zero attached hydrogens (tertiary/aromatic N) is 5. The van der Waals surface area contributed by atoms with E-state index in [9.17, 15) is 10.1 Å². The Morgan fingerprint density at radius 1 is 1.50 bits per heavy atom. The van der Waals surface area contributed by atoms with Crippen LogP contribution < -0.4 is 5.73 Å². The summed E-state index contributed by atoms with van der Waals surface area (Å²) in [5.41, 5.74) is 6.26. The normalized spacial score (nSPS) is 10.6. The SMILES string of the molecule is Cc1nn(-c2nc(N)ncc2[N+](=O)[O-])c(C)c1Cl. The molecule has 0 saturated carbocycles. The third kappa shape index (κ3) is 1.86. The Kier molecular flexibility index (Phi) is 2.87. The Balaban J connectivity index is 2.73. The molecule has 2 N–H and O–H groups in total. The molecule has 0 bridgehead atoms. The van der Waals surface area contributed by atoms with Gasteiger partial charge in [0, 0.05) is 0 Å². The summed E-state index contributed by atoms with van der Waals surface area (Å²) in [7, 11) is 0. The second kappa shape index (κ2) is 4.22. The second-order valence-electron chi connectivity index (χ2n) is 3.59. The summed E-state index contributed by atoms with van der Waals surface area (Å²) in [6.07, 6.45) is 1.04. The molecule has 0 radical (unpaired) electrons. The predicted octanol–water partition coefficient (Wildman–Crippen LogP) is 1.42. The molecule has 2 rings (SSSR count). The van der Waals surface area contributed by atoms with Gasteiger partial charge in [0.1, 0.15) is 6.20 Å². The van der Waals surface area contributed by atoms with E-state index >= 15 is 0 Å². The molecule has 9 heteroatoms. The molecule has 0 saturated heterocycles. The van der Waals surface area contributed by atoms with Gasteiger partial charge in [-0.25, -0.2) is 9.67 Å². The van der Waals surface area contributed by atoms with Gasteiger partial charge in [0.05, 0.1) is 21.3 Å². The summed E-state index contributed by atoms with van der Waals surface area (Å²) in [5.74, 6) is -0.0701. The van der Waals surface area contributed by atoms with Crippen LogP contribution in [0.25, 0.3) is 5.82 Å². The first-order valence-electron chi connectivity index (χ1n) is 4.90. The highest BCUT2D eigenvalue weighted by atomic mass is 35.5. The Morgan fingerprint density at radius 3 is 2.67 bits per heavy atom. The van der Waals surface area contributed by atoms with Gasteiger partial charge in [-0.05, 0) is 13.8 Å². The minimum Gasteiger partial charge on any atom is -0.368 e. The van der Waals surface area contributed by atoms with E-state index in [0.717, 1.165) is 6.20 Å². The van der Waals surface area contributed by atoms with Crippen LogP contribution in [0.5, 0.6) is 0 Å². The van der Waals surface area contributed by atoms with Crippen LogP contribution in [0.3, 0.4) is 0 Å². The average molecular weight is 269 g/mol. The standard InChI is InChI=1S/C9H9ClN6O2/c1-4-7(10)5(2)15(14-4)8-6(16(17)18)3-12-9(11)13-8/h3H,1-2H3,(H2,11,12,13). The molecule has 0 aliphatic rings. The molecule has 0 amide bonds. The van der Waals surface area contributed by atoms with Crippen LogP contribution in [0.15, 0.2) is 6.20 Å². The summed E-state index contributed by atoms with van der Waals surface area (Å²) < 4.78 is 1.29. The van der Waals surface area contributed by atoms with Gasteiger partial charge >= 0.3 is 5.69 Å². The van der Waals surface area contributed by atoms with Crippen LogP contribution in [-0.2, 0) is 0 Å². The molecule has 0 atom stereocenters. The largest absolute Gasteiger partial charge is 0.368 e. The van der Waals surface area contributed by atoms with E-state index in [1.54, 1.807) is 13.8 Å². The second-order valence-corrected chi connectivity index (χ2v) is 3.97. The van der Waals surface area contributed by atoms with Crippen molar-refractivity contribution in [2.45, 2.75) is 13.8 Å². The topological polar surface area (TPSA) is 113 Å². The summed E-state index contributed by atoms with van der Waals surface area (Å²) >= 11 is 5.99. The van der Waals surface area contributed by atoms with Gasteiger partial charge in [-0.1, -0.05) is 11.6 Å². The van der Waals surface area contributed by atoms with Crippen LogP contribution in [0, 0.1) is 24.0 Å². The van der Waals surface area contributed by atoms with E-state index in [2.05, 4.69) is 15.1 Å². The van der Waals surface area contributed by atoms with Crippen molar-refractivity contribution in [2.24, 2.45) is 0 Å². The summed E-state index contributed by atoms with van der Waals surface area (Å²) in [5, 5.41) is 15.5. The quantitative estimate of drug-likeness (QED) is 0.651. The van der Waals surface area contributed by atoms with E-state index in [1.165, 1.54) is 4.68 Å². The molecule has 0 spiro atoms. The zero-order valence-electron chi connectivity index (χ0n) is 9.59. The number of nitrogens with two attached hydrogens (primary N) is 1. The molecule has 2 aromatic heterocycles. The molecule has 0 aliphatic heterocycles. The van der Waals surface area contributed by atoms with Crippen molar-refractivity contribution in [2.75, 3.05) is 5.73 Å². The molecule has 8 nitrogen and oxygen atoms in total. The fourth-order valence-corrected chi connectivity index (χ4v) is 1.61. The lowest BCUT2D eigenvalue weighted by Crippen LogP contribution is -2.09. The molecule has 0 aromatic carbocycles. The number of nitro groups is 1. The minimum absolute atomic E-state index is 0.000000000000000444. The van der Waals surface area contributed by atoms with Crippen LogP contribution >= 0.6 is 11.6 Å². The zero-order chi connectivity index (χ0) is 13.4. The minimum atomic E-state index is -0.598. The van der Waals surface area contributed by atoms with E-state index in [4.69, 9.17) is 17.3 Å². The van der Waals surface area contributed by atoms with Crippen molar-refractivity contribution >= 4 is 23.2 Å². The van der Waals surface area contributed by atoms with Gasteiger partial charge in [0.15, 0.2) is 0 Å². The van der Waals surface area contributed by atoms with Gasteiger partial charge in [0.25, 0.3) is 0 Å². The van der Waals surface area contributed by atoms with Crippen LogP contribution in [0.1, 0.15) is 11.4 Å². The number of nitrogen functional groups attached to an aromatic ring is 1. The lowest BCUT2D eigenvalue weighted by atomic mass is 10.4. The lowest BCUT2D eigenvalue weighted by Gasteiger charge is -2.04. The molecule has 0 unspecified atom stereocenters. The molecule has 94 valence electrons. The molecule has 2 heterocycles. The Morgan fingerprint density at radius 2 is 2.17 bits per heavy atom. The van der Waals surface area contributed by atoms with Crippen molar-refractivity contribution in [3.05, 3.63) is 32.7 Å². The van der Waals surface area contributed by atoms with Crippen molar-refractivity contribution < 1.29 is 4.92 Å². The summed E-state index contributed by atoms with van der Waals surface area (Å²) in [6, 6.07) is 0. The van der Waals surface area contributed by atoms with Gasteiger partial charge in [-0.15, -0.1) is 0 Å². The fourth-order valence-electron chi connectivity index (χ4n) is 1.49. The molecule has 0 fully saturated rings. The van der Waals surface area contributed by atoms with Crippen molar-refractivity contribution in [1.29, 1.82) is 0 Å². The number of hydrogen-bond donors (Lipinski definition) is 1. The maximum absolute atomic E-state index is 10.9. The number of aromatic nitrogens is 4. The Bertz CT molecular complexity index is 638. The van der Waals surface area contributed by atoms with Gasteiger partial charge < -0.3 is 5.73 Å². The lowest BCUT2D eigenvalue weighted by molar-refractivity contribution is -0.385. The third-order valence-electron chi connectivity index (χ3n) is 2.37. The number of anilines is 1.